The highest BCUT2D eigenvalue weighted by atomic mass is 16.5. The first-order valence-corrected chi connectivity index (χ1v) is 12.2. The molecule has 1 aromatic heterocycles. The molecular formula is C30H31NO7. The fraction of sp³-hybridized carbons (Fsp3) is 0.267. The topological polar surface area (TPSA) is 96.2 Å². The number of carbonyl (C=O) groups excluding carboxylic acids is 1. The van der Waals surface area contributed by atoms with E-state index in [1.165, 1.54) is 0 Å². The van der Waals surface area contributed by atoms with Crippen molar-refractivity contribution < 1.29 is 28.2 Å². The van der Waals surface area contributed by atoms with E-state index in [2.05, 4.69) is 5.32 Å². The molecule has 38 heavy (non-hydrogen) atoms. The van der Waals surface area contributed by atoms with Crippen LogP contribution in [0, 0.1) is 13.8 Å². The summed E-state index contributed by atoms with van der Waals surface area (Å²) in [5.74, 6) is 1.82. The Morgan fingerprint density at radius 3 is 2.26 bits per heavy atom. The number of amides is 1. The Bertz CT molecular complexity index is 1510. The molecule has 0 radical (unpaired) electrons. The largest absolute Gasteiger partial charge is 0.497 e. The first-order valence-electron chi connectivity index (χ1n) is 12.2. The van der Waals surface area contributed by atoms with Crippen molar-refractivity contribution in [2.75, 3.05) is 34.5 Å². The number of hydrogen-bond acceptors (Lipinski definition) is 7. The maximum atomic E-state index is 13.5. The highest BCUT2D eigenvalue weighted by Crippen LogP contribution is 2.33. The van der Waals surface area contributed by atoms with Gasteiger partial charge in [-0.25, -0.2) is 0 Å². The quantitative estimate of drug-likeness (QED) is 0.322. The van der Waals surface area contributed by atoms with Crippen molar-refractivity contribution in [3.63, 3.8) is 0 Å². The normalized spacial score (nSPS) is 10.8. The third kappa shape index (κ3) is 5.75. The van der Waals surface area contributed by atoms with Crippen LogP contribution in [-0.2, 0) is 11.2 Å². The van der Waals surface area contributed by atoms with Crippen molar-refractivity contribution in [3.05, 3.63) is 81.5 Å². The van der Waals surface area contributed by atoms with Gasteiger partial charge in [0.2, 0.25) is 11.2 Å². The van der Waals surface area contributed by atoms with E-state index in [0.29, 0.717) is 46.7 Å². The van der Waals surface area contributed by atoms with Crippen LogP contribution in [0.25, 0.3) is 22.3 Å². The van der Waals surface area contributed by atoms with Gasteiger partial charge in [-0.2, -0.15) is 0 Å². The smallest absolute Gasteiger partial charge is 0.257 e. The minimum absolute atomic E-state index is 0.0130. The second-order valence-electron chi connectivity index (χ2n) is 8.83. The highest BCUT2D eigenvalue weighted by molar-refractivity contribution is 5.84. The van der Waals surface area contributed by atoms with E-state index in [1.807, 2.05) is 38.1 Å². The van der Waals surface area contributed by atoms with E-state index in [1.54, 1.807) is 51.7 Å². The van der Waals surface area contributed by atoms with Gasteiger partial charge in [-0.15, -0.1) is 0 Å². The Hall–Kier alpha value is -4.46. The van der Waals surface area contributed by atoms with Gasteiger partial charge in [0.25, 0.3) is 5.91 Å². The molecule has 0 aliphatic heterocycles. The average molecular weight is 518 g/mol. The third-order valence-corrected chi connectivity index (χ3v) is 6.35. The van der Waals surface area contributed by atoms with Crippen molar-refractivity contribution in [2.45, 2.75) is 20.3 Å². The number of fused-ring (bicyclic) bond motifs is 1. The number of carbonyl (C=O) groups is 1. The van der Waals surface area contributed by atoms with Crippen molar-refractivity contribution >= 4 is 16.9 Å². The lowest BCUT2D eigenvalue weighted by Crippen LogP contribution is -2.31. The Kier molecular flexibility index (Phi) is 8.21. The molecule has 1 N–H and O–H groups in total. The summed E-state index contributed by atoms with van der Waals surface area (Å²) in [6.07, 6.45) is 0.583. The van der Waals surface area contributed by atoms with Crippen LogP contribution < -0.4 is 29.7 Å². The minimum Gasteiger partial charge on any atom is -0.497 e. The molecule has 1 heterocycles. The van der Waals surface area contributed by atoms with E-state index in [-0.39, 0.29) is 29.5 Å². The molecule has 1 amide bonds. The predicted molar refractivity (Wildman–Crippen MR) is 146 cm³/mol. The molecule has 3 aromatic carbocycles. The highest BCUT2D eigenvalue weighted by Gasteiger charge is 2.20. The summed E-state index contributed by atoms with van der Waals surface area (Å²) in [5.41, 5.74) is 3.69. The summed E-state index contributed by atoms with van der Waals surface area (Å²) in [5, 5.41) is 3.23. The van der Waals surface area contributed by atoms with E-state index >= 15 is 0 Å². The molecule has 0 saturated carbocycles. The Balaban J connectivity index is 1.53. The number of nitrogens with one attached hydrogen (secondary N) is 1. The Labute approximate surface area is 221 Å². The predicted octanol–water partition coefficient (Wildman–Crippen LogP) is 4.84. The van der Waals surface area contributed by atoms with Gasteiger partial charge in [0.05, 0.1) is 26.7 Å². The molecule has 0 atom stereocenters. The van der Waals surface area contributed by atoms with Gasteiger partial charge in [0.15, 0.2) is 23.9 Å². The molecule has 4 rings (SSSR count). The van der Waals surface area contributed by atoms with E-state index < -0.39 is 0 Å². The molecular weight excluding hydrogens is 486 g/mol. The van der Waals surface area contributed by atoms with Crippen LogP contribution in [0.1, 0.15) is 16.7 Å². The van der Waals surface area contributed by atoms with Gasteiger partial charge in [-0.3, -0.25) is 9.59 Å². The monoisotopic (exact) mass is 517 g/mol. The van der Waals surface area contributed by atoms with Gasteiger partial charge in [0, 0.05) is 12.1 Å². The second kappa shape index (κ2) is 11.7. The molecule has 0 aliphatic rings. The van der Waals surface area contributed by atoms with E-state index in [4.69, 9.17) is 23.4 Å². The first kappa shape index (κ1) is 26.6. The molecule has 0 aliphatic carbocycles. The summed E-state index contributed by atoms with van der Waals surface area (Å²) in [4.78, 5) is 26.1. The van der Waals surface area contributed by atoms with Crippen molar-refractivity contribution in [1.82, 2.24) is 5.32 Å². The summed E-state index contributed by atoms with van der Waals surface area (Å²) < 4.78 is 27.8. The molecule has 8 heteroatoms. The summed E-state index contributed by atoms with van der Waals surface area (Å²) in [6, 6.07) is 16.3. The molecule has 0 bridgehead atoms. The fourth-order valence-electron chi connectivity index (χ4n) is 4.07. The fourth-order valence-corrected chi connectivity index (χ4v) is 4.07. The molecule has 0 spiro atoms. The summed E-state index contributed by atoms with van der Waals surface area (Å²) >= 11 is 0. The van der Waals surface area contributed by atoms with Crippen molar-refractivity contribution in [2.24, 2.45) is 0 Å². The van der Waals surface area contributed by atoms with Crippen LogP contribution in [0.4, 0.5) is 0 Å². The first-order chi connectivity index (χ1) is 18.3. The number of methoxy groups -OCH3 is 3. The number of ether oxygens (including phenoxy) is 4. The van der Waals surface area contributed by atoms with Crippen LogP contribution in [0.3, 0.4) is 0 Å². The lowest BCUT2D eigenvalue weighted by atomic mass is 10.0. The summed E-state index contributed by atoms with van der Waals surface area (Å²) in [7, 11) is 4.73. The average Bonchev–Trinajstić information content (AvgIpc) is 2.93. The van der Waals surface area contributed by atoms with E-state index in [0.717, 1.165) is 16.7 Å². The van der Waals surface area contributed by atoms with Gasteiger partial charge < -0.3 is 28.7 Å². The van der Waals surface area contributed by atoms with Crippen LogP contribution in [0.2, 0.25) is 0 Å². The van der Waals surface area contributed by atoms with E-state index in [9.17, 15) is 9.59 Å². The van der Waals surface area contributed by atoms with Gasteiger partial charge >= 0.3 is 0 Å². The minimum atomic E-state index is -0.356. The maximum Gasteiger partial charge on any atom is 0.257 e. The standard InChI is InChI=1S/C30H31NO7/c1-18-14-23-25(15-19(18)2)38-29(21-7-9-22(34-3)10-8-21)30(28(23)33)37-17-27(32)31-13-12-20-6-11-24(35-4)26(16-20)36-5/h6-11,14-16H,12-13,17H2,1-5H3,(H,31,32). The lowest BCUT2D eigenvalue weighted by Gasteiger charge is -2.13. The van der Waals surface area contributed by atoms with Crippen LogP contribution >= 0.6 is 0 Å². The zero-order valence-corrected chi connectivity index (χ0v) is 22.2. The molecule has 8 nitrogen and oxygen atoms in total. The molecule has 198 valence electrons. The van der Waals surface area contributed by atoms with Gasteiger partial charge in [-0.1, -0.05) is 6.07 Å². The Morgan fingerprint density at radius 1 is 0.868 bits per heavy atom. The number of rotatable bonds is 10. The van der Waals surface area contributed by atoms with Crippen LogP contribution in [-0.4, -0.2) is 40.4 Å². The molecule has 0 saturated heterocycles. The van der Waals surface area contributed by atoms with Crippen molar-refractivity contribution in [3.8, 4) is 34.3 Å². The number of benzene rings is 3. The van der Waals surface area contributed by atoms with Crippen molar-refractivity contribution in [1.29, 1.82) is 0 Å². The molecule has 0 fully saturated rings. The molecule has 4 aromatic rings. The second-order valence-corrected chi connectivity index (χ2v) is 8.83. The lowest BCUT2D eigenvalue weighted by molar-refractivity contribution is -0.123. The van der Waals surface area contributed by atoms with Gasteiger partial charge in [-0.05, 0) is 85.5 Å². The zero-order valence-electron chi connectivity index (χ0n) is 22.2. The SMILES string of the molecule is COc1ccc(-c2oc3cc(C)c(C)cc3c(=O)c2OCC(=O)NCCc2ccc(OC)c(OC)c2)cc1. The third-order valence-electron chi connectivity index (χ3n) is 6.35. The van der Waals surface area contributed by atoms with Gasteiger partial charge in [0.1, 0.15) is 11.3 Å². The maximum absolute atomic E-state index is 13.5. The van der Waals surface area contributed by atoms with Crippen LogP contribution in [0.15, 0.2) is 63.8 Å². The zero-order chi connectivity index (χ0) is 27.2. The molecule has 0 unspecified atom stereocenters. The summed E-state index contributed by atoms with van der Waals surface area (Å²) in [6.45, 7) is 3.93. The number of aryl methyl sites for hydroxylation is 2. The number of hydrogen-bond donors (Lipinski definition) is 1. The van der Waals surface area contributed by atoms with Crippen LogP contribution in [0.5, 0.6) is 23.0 Å². The Morgan fingerprint density at radius 2 is 1.58 bits per heavy atom.